The average molecular weight is 375 g/mol. The van der Waals surface area contributed by atoms with Crippen LogP contribution in [0.15, 0.2) is 72.9 Å². The Hall–Kier alpha value is -2.92. The van der Waals surface area contributed by atoms with E-state index in [1.165, 1.54) is 16.7 Å². The van der Waals surface area contributed by atoms with Gasteiger partial charge in [0.15, 0.2) is 5.11 Å². The molecule has 2 N–H and O–H groups in total. The zero-order valence-electron chi connectivity index (χ0n) is 15.2. The zero-order chi connectivity index (χ0) is 18.6. The number of rotatable bonds is 4. The van der Waals surface area contributed by atoms with Crippen LogP contribution in [0.4, 0.5) is 11.5 Å². The Morgan fingerprint density at radius 2 is 1.63 bits per heavy atom. The number of pyridine rings is 1. The van der Waals surface area contributed by atoms with Crippen LogP contribution in [0.25, 0.3) is 0 Å². The van der Waals surface area contributed by atoms with Crippen LogP contribution >= 0.6 is 12.2 Å². The van der Waals surface area contributed by atoms with Crippen molar-refractivity contribution in [1.82, 2.24) is 10.3 Å². The molecule has 2 aromatic carbocycles. The smallest absolute Gasteiger partial charge is 0.171 e. The second kappa shape index (κ2) is 7.76. The number of thiocarbonyl (C=S) groups is 1. The van der Waals surface area contributed by atoms with Gasteiger partial charge in [0, 0.05) is 13.1 Å². The lowest BCUT2D eigenvalue weighted by molar-refractivity contribution is 0.722. The van der Waals surface area contributed by atoms with Gasteiger partial charge in [0.25, 0.3) is 0 Å². The van der Waals surface area contributed by atoms with E-state index < -0.39 is 0 Å². The third kappa shape index (κ3) is 4.09. The Balaban J connectivity index is 1.35. The minimum Gasteiger partial charge on any atom is -0.356 e. The van der Waals surface area contributed by atoms with Crippen LogP contribution in [0.3, 0.4) is 0 Å². The molecule has 1 aromatic heterocycles. The maximum Gasteiger partial charge on any atom is 0.171 e. The van der Waals surface area contributed by atoms with Gasteiger partial charge in [0.05, 0.1) is 17.9 Å². The predicted octanol–water partition coefficient (Wildman–Crippen LogP) is 4.65. The lowest BCUT2D eigenvalue weighted by Crippen LogP contribution is -2.30. The molecule has 0 saturated heterocycles. The van der Waals surface area contributed by atoms with E-state index in [1.54, 1.807) is 0 Å². The summed E-state index contributed by atoms with van der Waals surface area (Å²) in [7, 11) is 0. The van der Waals surface area contributed by atoms with Gasteiger partial charge in [-0.05, 0) is 48.0 Å². The highest BCUT2D eigenvalue weighted by molar-refractivity contribution is 7.80. The molecule has 136 valence electrons. The molecule has 1 aliphatic heterocycles. The maximum atomic E-state index is 5.44. The van der Waals surface area contributed by atoms with E-state index in [1.807, 2.05) is 36.5 Å². The molecule has 0 bridgehead atoms. The van der Waals surface area contributed by atoms with Gasteiger partial charge in [0.2, 0.25) is 0 Å². The predicted molar refractivity (Wildman–Crippen MR) is 115 cm³/mol. The van der Waals surface area contributed by atoms with Crippen LogP contribution in [-0.2, 0) is 13.1 Å². The van der Waals surface area contributed by atoms with Gasteiger partial charge in [-0.15, -0.1) is 0 Å². The first-order valence-electron chi connectivity index (χ1n) is 9.09. The first-order chi connectivity index (χ1) is 13.2. The Labute approximate surface area is 165 Å². The van der Waals surface area contributed by atoms with Crippen molar-refractivity contribution in [2.45, 2.75) is 26.1 Å². The molecule has 3 aromatic rings. The number of benzene rings is 2. The molecule has 0 radical (unpaired) electrons. The fourth-order valence-electron chi connectivity index (χ4n) is 3.33. The lowest BCUT2D eigenvalue weighted by Gasteiger charge is -2.19. The number of hydrogen-bond acceptors (Lipinski definition) is 3. The van der Waals surface area contributed by atoms with Crippen molar-refractivity contribution in [2.24, 2.45) is 0 Å². The van der Waals surface area contributed by atoms with Gasteiger partial charge in [-0.25, -0.2) is 4.98 Å². The SMILES string of the molecule is C[C@@H](NC(=S)Nc1ccc(N2Cc3ccccc3C2)nc1)c1ccccc1. The van der Waals surface area contributed by atoms with Crippen molar-refractivity contribution >= 4 is 28.8 Å². The quantitative estimate of drug-likeness (QED) is 0.651. The number of nitrogens with zero attached hydrogens (tertiary/aromatic N) is 2. The van der Waals surface area contributed by atoms with E-state index >= 15 is 0 Å². The highest BCUT2D eigenvalue weighted by Crippen LogP contribution is 2.27. The van der Waals surface area contributed by atoms with Crippen LogP contribution in [0.5, 0.6) is 0 Å². The van der Waals surface area contributed by atoms with E-state index in [0.717, 1.165) is 24.6 Å². The molecule has 1 aliphatic rings. The number of anilines is 2. The summed E-state index contributed by atoms with van der Waals surface area (Å²) in [6.45, 7) is 3.91. The molecule has 1 atom stereocenters. The van der Waals surface area contributed by atoms with Crippen molar-refractivity contribution in [3.8, 4) is 0 Å². The third-order valence-electron chi connectivity index (χ3n) is 4.82. The standard InChI is InChI=1S/C22H22N4S/c1-16(17-7-3-2-4-8-17)24-22(27)25-20-11-12-21(23-13-20)26-14-18-9-5-6-10-19(18)15-26/h2-13,16H,14-15H2,1H3,(H2,24,25,27)/t16-/m1/s1. The summed E-state index contributed by atoms with van der Waals surface area (Å²) in [5.74, 6) is 0.980. The summed E-state index contributed by atoms with van der Waals surface area (Å²) < 4.78 is 0. The monoisotopic (exact) mass is 374 g/mol. The molecule has 0 amide bonds. The molecule has 5 heteroatoms. The Kier molecular flexibility index (Phi) is 5.03. The van der Waals surface area contributed by atoms with Crippen molar-refractivity contribution in [1.29, 1.82) is 0 Å². The van der Waals surface area contributed by atoms with Crippen LogP contribution < -0.4 is 15.5 Å². The highest BCUT2D eigenvalue weighted by Gasteiger charge is 2.19. The topological polar surface area (TPSA) is 40.2 Å². The highest BCUT2D eigenvalue weighted by atomic mass is 32.1. The van der Waals surface area contributed by atoms with Crippen molar-refractivity contribution < 1.29 is 0 Å². The number of aromatic nitrogens is 1. The molecule has 0 saturated carbocycles. The Morgan fingerprint density at radius 3 is 2.26 bits per heavy atom. The Bertz CT molecular complexity index is 900. The largest absolute Gasteiger partial charge is 0.356 e. The second-order valence-electron chi connectivity index (χ2n) is 6.76. The maximum absolute atomic E-state index is 5.44. The van der Waals surface area contributed by atoms with E-state index in [2.05, 4.69) is 63.8 Å². The van der Waals surface area contributed by atoms with Crippen molar-refractivity contribution in [3.63, 3.8) is 0 Å². The molecule has 0 aliphatic carbocycles. The Morgan fingerprint density at radius 1 is 0.963 bits per heavy atom. The molecule has 2 heterocycles. The van der Waals surface area contributed by atoms with Crippen LogP contribution in [0.2, 0.25) is 0 Å². The molecule has 27 heavy (non-hydrogen) atoms. The molecule has 4 rings (SSSR count). The third-order valence-corrected chi connectivity index (χ3v) is 5.04. The van der Waals surface area contributed by atoms with E-state index in [-0.39, 0.29) is 6.04 Å². The fraction of sp³-hybridized carbons (Fsp3) is 0.182. The van der Waals surface area contributed by atoms with Crippen LogP contribution in [0, 0.1) is 0 Å². The summed E-state index contributed by atoms with van der Waals surface area (Å²) in [6, 6.07) is 23.0. The first-order valence-corrected chi connectivity index (χ1v) is 9.50. The van der Waals surface area contributed by atoms with Gasteiger partial charge in [-0.2, -0.15) is 0 Å². The van der Waals surface area contributed by atoms with Gasteiger partial charge in [-0.3, -0.25) is 0 Å². The first kappa shape index (κ1) is 17.5. The van der Waals surface area contributed by atoms with Gasteiger partial charge in [0.1, 0.15) is 5.82 Å². The zero-order valence-corrected chi connectivity index (χ0v) is 16.0. The second-order valence-corrected chi connectivity index (χ2v) is 7.17. The summed E-state index contributed by atoms with van der Waals surface area (Å²) in [5.41, 5.74) is 4.83. The van der Waals surface area contributed by atoms with Gasteiger partial charge >= 0.3 is 0 Å². The summed E-state index contributed by atoms with van der Waals surface area (Å²) in [6.07, 6.45) is 1.83. The number of fused-ring (bicyclic) bond motifs is 1. The van der Waals surface area contributed by atoms with E-state index in [9.17, 15) is 0 Å². The number of hydrogen-bond donors (Lipinski definition) is 2. The molecular formula is C22H22N4S. The average Bonchev–Trinajstić information content (AvgIpc) is 3.13. The summed E-state index contributed by atoms with van der Waals surface area (Å²) >= 11 is 5.44. The molecule has 0 spiro atoms. The minimum atomic E-state index is 0.140. The van der Waals surface area contributed by atoms with Gasteiger partial charge < -0.3 is 15.5 Å². The summed E-state index contributed by atoms with van der Waals surface area (Å²) in [5, 5.41) is 7.12. The number of nitrogens with one attached hydrogen (secondary N) is 2. The minimum absolute atomic E-state index is 0.140. The van der Waals surface area contributed by atoms with E-state index in [4.69, 9.17) is 12.2 Å². The molecular weight excluding hydrogens is 352 g/mol. The van der Waals surface area contributed by atoms with Crippen LogP contribution in [-0.4, -0.2) is 10.1 Å². The van der Waals surface area contributed by atoms with Crippen molar-refractivity contribution in [3.05, 3.63) is 89.6 Å². The van der Waals surface area contributed by atoms with Crippen LogP contribution in [0.1, 0.15) is 29.7 Å². The molecule has 0 fully saturated rings. The van der Waals surface area contributed by atoms with Gasteiger partial charge in [-0.1, -0.05) is 54.6 Å². The molecule has 4 nitrogen and oxygen atoms in total. The molecule has 0 unspecified atom stereocenters. The van der Waals surface area contributed by atoms with Crippen molar-refractivity contribution in [2.75, 3.05) is 10.2 Å². The lowest BCUT2D eigenvalue weighted by atomic mass is 10.1. The normalized spacial score (nSPS) is 13.7. The fourth-order valence-corrected chi connectivity index (χ4v) is 3.63. The van der Waals surface area contributed by atoms with E-state index in [0.29, 0.717) is 5.11 Å². The summed E-state index contributed by atoms with van der Waals surface area (Å²) in [4.78, 5) is 6.89.